The lowest BCUT2D eigenvalue weighted by Gasteiger charge is -2.14. The lowest BCUT2D eigenvalue weighted by Crippen LogP contribution is -2.33. The minimum Gasteiger partial charge on any atom is -0.508 e. The summed E-state index contributed by atoms with van der Waals surface area (Å²) in [5.74, 6) is -0.168. The van der Waals surface area contributed by atoms with Gasteiger partial charge in [0.2, 0.25) is 0 Å². The molecule has 2 aromatic rings. The van der Waals surface area contributed by atoms with E-state index in [1.54, 1.807) is 18.2 Å². The predicted octanol–water partition coefficient (Wildman–Crippen LogP) is 4.10. The average molecular weight is 452 g/mol. The van der Waals surface area contributed by atoms with Crippen LogP contribution in [0.2, 0.25) is 0 Å². The largest absolute Gasteiger partial charge is 0.508 e. The molecule has 0 saturated carbocycles. The van der Waals surface area contributed by atoms with Crippen molar-refractivity contribution >= 4 is 57.3 Å². The van der Waals surface area contributed by atoms with Crippen molar-refractivity contribution in [3.05, 3.63) is 62.6 Å². The van der Waals surface area contributed by atoms with Gasteiger partial charge in [0.15, 0.2) is 0 Å². The van der Waals surface area contributed by atoms with Crippen LogP contribution < -0.4 is 5.32 Å². The summed E-state index contributed by atoms with van der Waals surface area (Å²) in [6.07, 6.45) is 1.65. The van der Waals surface area contributed by atoms with Gasteiger partial charge in [0.05, 0.1) is 11.6 Å². The lowest BCUT2D eigenvalue weighted by molar-refractivity contribution is -0.122. The summed E-state index contributed by atoms with van der Waals surface area (Å²) in [5.41, 5.74) is 1.60. The second-order valence-electron chi connectivity index (χ2n) is 5.04. The third-order valence-corrected chi connectivity index (χ3v) is 4.98. The number of hydrogen-bond donors (Lipinski definition) is 2. The predicted molar refractivity (Wildman–Crippen MR) is 104 cm³/mol. The van der Waals surface area contributed by atoms with Crippen LogP contribution in [0.15, 0.2) is 53.4 Å². The summed E-state index contributed by atoms with van der Waals surface area (Å²) in [6, 6.07) is 14.1. The quantitative estimate of drug-likeness (QED) is 0.540. The molecule has 1 saturated heterocycles. The molecule has 2 N–H and O–H groups in total. The van der Waals surface area contributed by atoms with Gasteiger partial charge in [-0.2, -0.15) is 0 Å². The monoisotopic (exact) mass is 452 g/mol. The fraction of sp³-hybridized carbons (Fsp3) is 0.0588. The molecule has 0 aliphatic carbocycles. The van der Waals surface area contributed by atoms with Crippen molar-refractivity contribution in [3.8, 4) is 5.75 Å². The van der Waals surface area contributed by atoms with Crippen molar-refractivity contribution in [3.63, 3.8) is 0 Å². The van der Waals surface area contributed by atoms with Crippen LogP contribution in [0, 0.1) is 3.57 Å². The Balaban J connectivity index is 1.69. The molecule has 2 aromatic carbocycles. The highest BCUT2D eigenvalue weighted by atomic mass is 127. The number of rotatable bonds is 4. The van der Waals surface area contributed by atoms with Gasteiger partial charge < -0.3 is 10.4 Å². The standard InChI is InChI=1S/C17H13IN2O3S/c18-12-3-5-13(6-4-12)19-10-20-16(22)15(24-17(20)23)9-11-1-7-14(21)8-2-11/h1-9,19,21H,10H2/b15-9-. The van der Waals surface area contributed by atoms with Crippen molar-refractivity contribution in [1.82, 2.24) is 4.90 Å². The Morgan fingerprint density at radius 3 is 2.42 bits per heavy atom. The molecule has 0 atom stereocenters. The van der Waals surface area contributed by atoms with Crippen LogP contribution in [-0.2, 0) is 4.79 Å². The second kappa shape index (κ2) is 7.27. The molecule has 5 nitrogen and oxygen atoms in total. The number of thioether (sulfide) groups is 1. The molecule has 1 aliphatic heterocycles. The molecule has 3 rings (SSSR count). The van der Waals surface area contributed by atoms with E-state index in [0.717, 1.165) is 26.6 Å². The van der Waals surface area contributed by atoms with Gasteiger partial charge in [-0.1, -0.05) is 12.1 Å². The van der Waals surface area contributed by atoms with E-state index in [4.69, 9.17) is 0 Å². The van der Waals surface area contributed by atoms with Crippen LogP contribution >= 0.6 is 34.4 Å². The normalized spacial score (nSPS) is 16.0. The van der Waals surface area contributed by atoms with Crippen molar-refractivity contribution in [1.29, 1.82) is 0 Å². The number of amides is 2. The minimum atomic E-state index is -0.323. The number of nitrogens with zero attached hydrogens (tertiary/aromatic N) is 1. The van der Waals surface area contributed by atoms with E-state index in [-0.39, 0.29) is 23.6 Å². The van der Waals surface area contributed by atoms with Crippen molar-refractivity contribution < 1.29 is 14.7 Å². The first-order valence-corrected chi connectivity index (χ1v) is 8.96. The third kappa shape index (κ3) is 3.90. The molecule has 1 heterocycles. The molecule has 2 amide bonds. The number of imide groups is 1. The zero-order valence-electron chi connectivity index (χ0n) is 12.4. The number of carbonyl (C=O) groups excluding carboxylic acids is 2. The van der Waals surface area contributed by atoms with Crippen LogP contribution in [0.25, 0.3) is 6.08 Å². The maximum absolute atomic E-state index is 12.4. The maximum Gasteiger partial charge on any atom is 0.295 e. The first kappa shape index (κ1) is 16.8. The summed E-state index contributed by atoms with van der Waals surface area (Å²) < 4.78 is 1.11. The fourth-order valence-electron chi connectivity index (χ4n) is 2.10. The van der Waals surface area contributed by atoms with Gasteiger partial charge in [0.1, 0.15) is 5.75 Å². The summed E-state index contributed by atoms with van der Waals surface area (Å²) in [6.45, 7) is 0.123. The molecule has 1 aliphatic rings. The van der Waals surface area contributed by atoms with E-state index in [9.17, 15) is 14.7 Å². The Bertz CT molecular complexity index is 804. The first-order chi connectivity index (χ1) is 11.5. The number of nitrogens with one attached hydrogen (secondary N) is 1. The van der Waals surface area contributed by atoms with Gasteiger partial charge in [0.25, 0.3) is 11.1 Å². The number of aromatic hydroxyl groups is 1. The zero-order chi connectivity index (χ0) is 17.1. The van der Waals surface area contributed by atoms with Gasteiger partial charge in [-0.25, -0.2) is 0 Å². The Labute approximate surface area is 156 Å². The topological polar surface area (TPSA) is 69.6 Å². The number of carbonyl (C=O) groups is 2. The van der Waals surface area contributed by atoms with Crippen LogP contribution in [0.4, 0.5) is 10.5 Å². The highest BCUT2D eigenvalue weighted by molar-refractivity contribution is 14.1. The summed E-state index contributed by atoms with van der Waals surface area (Å²) in [7, 11) is 0. The molecule has 0 aromatic heterocycles. The maximum atomic E-state index is 12.4. The van der Waals surface area contributed by atoms with E-state index >= 15 is 0 Å². The molecule has 122 valence electrons. The molecule has 0 spiro atoms. The van der Waals surface area contributed by atoms with E-state index in [1.807, 2.05) is 24.3 Å². The Kier molecular flexibility index (Phi) is 5.10. The molecule has 0 bridgehead atoms. The lowest BCUT2D eigenvalue weighted by atomic mass is 10.2. The van der Waals surface area contributed by atoms with Gasteiger partial charge in [0, 0.05) is 9.26 Å². The molecule has 7 heteroatoms. The minimum absolute atomic E-state index is 0.123. The van der Waals surface area contributed by atoms with E-state index in [0.29, 0.717) is 4.91 Å². The van der Waals surface area contributed by atoms with Crippen LogP contribution in [0.3, 0.4) is 0 Å². The average Bonchev–Trinajstić information content (AvgIpc) is 2.83. The van der Waals surface area contributed by atoms with Crippen LogP contribution in [0.1, 0.15) is 5.56 Å². The van der Waals surface area contributed by atoms with Gasteiger partial charge in [-0.05, 0) is 82.4 Å². The van der Waals surface area contributed by atoms with Gasteiger partial charge in [-0.3, -0.25) is 14.5 Å². The smallest absolute Gasteiger partial charge is 0.295 e. The summed E-state index contributed by atoms with van der Waals surface area (Å²) in [5, 5.41) is 12.1. The van der Waals surface area contributed by atoms with E-state index in [1.165, 1.54) is 17.0 Å². The number of hydrogen-bond acceptors (Lipinski definition) is 5. The Hall–Kier alpha value is -2.00. The summed E-state index contributed by atoms with van der Waals surface area (Å²) >= 11 is 3.12. The number of phenolic OH excluding ortho intramolecular Hbond substituents is 1. The highest BCUT2D eigenvalue weighted by Crippen LogP contribution is 2.32. The second-order valence-corrected chi connectivity index (χ2v) is 7.28. The number of phenols is 1. The van der Waals surface area contributed by atoms with Crippen molar-refractivity contribution in [2.45, 2.75) is 0 Å². The van der Waals surface area contributed by atoms with Crippen LogP contribution in [-0.4, -0.2) is 27.8 Å². The number of benzene rings is 2. The van der Waals surface area contributed by atoms with E-state index < -0.39 is 0 Å². The molecular formula is C17H13IN2O3S. The summed E-state index contributed by atoms with van der Waals surface area (Å²) in [4.78, 5) is 26.0. The molecule has 0 unspecified atom stereocenters. The van der Waals surface area contributed by atoms with Gasteiger partial charge >= 0.3 is 0 Å². The number of anilines is 1. The third-order valence-electron chi connectivity index (χ3n) is 3.35. The number of halogens is 1. The fourth-order valence-corrected chi connectivity index (χ4v) is 3.29. The molecule has 1 fully saturated rings. The molecule has 24 heavy (non-hydrogen) atoms. The SMILES string of the molecule is O=C1S/C(=C\c2ccc(O)cc2)C(=O)N1CNc1ccc(I)cc1. The van der Waals surface area contributed by atoms with Crippen LogP contribution in [0.5, 0.6) is 5.75 Å². The van der Waals surface area contributed by atoms with Gasteiger partial charge in [-0.15, -0.1) is 0 Å². The highest BCUT2D eigenvalue weighted by Gasteiger charge is 2.34. The Morgan fingerprint density at radius 2 is 1.75 bits per heavy atom. The molecule has 0 radical (unpaired) electrons. The first-order valence-electron chi connectivity index (χ1n) is 7.07. The molecular weight excluding hydrogens is 439 g/mol. The zero-order valence-corrected chi connectivity index (χ0v) is 15.4. The Morgan fingerprint density at radius 1 is 1.08 bits per heavy atom. The van der Waals surface area contributed by atoms with E-state index in [2.05, 4.69) is 27.9 Å². The van der Waals surface area contributed by atoms with Crippen molar-refractivity contribution in [2.24, 2.45) is 0 Å². The van der Waals surface area contributed by atoms with Crippen molar-refractivity contribution in [2.75, 3.05) is 12.0 Å².